The van der Waals surface area contributed by atoms with Gasteiger partial charge in [0.15, 0.2) is 11.6 Å². The minimum absolute atomic E-state index is 0.0613. The Kier molecular flexibility index (Phi) is 5.17. The van der Waals surface area contributed by atoms with E-state index < -0.39 is 17.9 Å². The minimum Gasteiger partial charge on any atom is -0.382 e. The first-order valence-corrected chi connectivity index (χ1v) is 9.06. The molecule has 2 N–H and O–H groups in total. The summed E-state index contributed by atoms with van der Waals surface area (Å²) in [5.41, 5.74) is -0.128. The third-order valence-electron chi connectivity index (χ3n) is 4.35. The molecule has 0 bridgehead atoms. The molecule has 0 unspecified atom stereocenters. The third-order valence-corrected chi connectivity index (χ3v) is 4.35. The van der Waals surface area contributed by atoms with Crippen molar-refractivity contribution in [1.82, 2.24) is 19.9 Å². The lowest BCUT2D eigenvalue weighted by molar-refractivity contribution is -0.141. The molecular weight excluding hydrogens is 399 g/mol. The number of pyridine rings is 2. The normalized spacial score (nSPS) is 13.8. The van der Waals surface area contributed by atoms with E-state index in [0.29, 0.717) is 31.0 Å². The van der Waals surface area contributed by atoms with Gasteiger partial charge in [-0.15, -0.1) is 0 Å². The smallest absolute Gasteiger partial charge is 0.382 e. The van der Waals surface area contributed by atoms with Crippen LogP contribution in [-0.4, -0.2) is 39.1 Å². The lowest BCUT2D eigenvalue weighted by Crippen LogP contribution is -2.36. The van der Waals surface area contributed by atoms with Gasteiger partial charge in [0.25, 0.3) is 0 Å². The highest BCUT2D eigenvalue weighted by atomic mass is 19.4. The molecule has 11 heteroatoms. The number of aromatic nitrogens is 4. The Balaban J connectivity index is 1.69. The molecule has 0 saturated heterocycles. The van der Waals surface area contributed by atoms with Crippen LogP contribution in [-0.2, 0) is 6.18 Å². The van der Waals surface area contributed by atoms with Crippen molar-refractivity contribution in [2.75, 3.05) is 28.6 Å². The number of anilines is 3. The van der Waals surface area contributed by atoms with Gasteiger partial charge in [-0.25, -0.2) is 19.7 Å². The monoisotopic (exact) mass is 415 g/mol. The van der Waals surface area contributed by atoms with Crippen LogP contribution in [0.5, 0.6) is 0 Å². The number of urea groups is 1. The molecule has 8 nitrogen and oxygen atoms in total. The molecule has 0 aromatic carbocycles. The number of hydrogen-bond acceptors (Lipinski definition) is 6. The lowest BCUT2D eigenvalue weighted by Gasteiger charge is -2.22. The van der Waals surface area contributed by atoms with Crippen molar-refractivity contribution < 1.29 is 18.0 Å². The molecule has 154 valence electrons. The summed E-state index contributed by atoms with van der Waals surface area (Å²) in [6, 6.07) is 6.39. The van der Waals surface area contributed by atoms with Gasteiger partial charge in [0.05, 0.1) is 23.3 Å². The highest BCUT2D eigenvalue weighted by molar-refractivity contribution is 6.02. The fourth-order valence-corrected chi connectivity index (χ4v) is 2.97. The summed E-state index contributed by atoms with van der Waals surface area (Å²) in [4.78, 5) is 30.3. The van der Waals surface area contributed by atoms with Crippen molar-refractivity contribution in [1.29, 1.82) is 0 Å². The summed E-state index contributed by atoms with van der Waals surface area (Å²) in [5, 5.41) is 5.83. The third kappa shape index (κ3) is 4.14. The number of rotatable bonds is 2. The molecule has 0 aliphatic carbocycles. The molecule has 1 aliphatic heterocycles. The van der Waals surface area contributed by atoms with Crippen LogP contribution in [0.1, 0.15) is 12.1 Å². The largest absolute Gasteiger partial charge is 0.433 e. The number of carbonyl (C=O) groups is 1. The van der Waals surface area contributed by atoms with E-state index in [2.05, 4.69) is 30.6 Å². The zero-order valence-electron chi connectivity index (χ0n) is 15.5. The molecule has 3 aromatic heterocycles. The standard InChI is InChI=1S/C19H16F3N7O/c20-19(21,22)15-4-1-3-12(26-15)13-5-6-14-17(27-13)29(10-2-7-24-14)18(30)28-16-11-23-8-9-25-16/h1,3-6,8-9,11,24H,2,7,10H2,(H,25,28,30). The summed E-state index contributed by atoms with van der Waals surface area (Å²) in [7, 11) is 0. The summed E-state index contributed by atoms with van der Waals surface area (Å²) in [6.07, 6.45) is 0.429. The Bertz CT molecular complexity index is 1060. The van der Waals surface area contributed by atoms with Crippen LogP contribution in [0.15, 0.2) is 48.9 Å². The van der Waals surface area contributed by atoms with Crippen molar-refractivity contribution in [2.24, 2.45) is 0 Å². The number of fused-ring (bicyclic) bond motifs is 1. The number of carbonyl (C=O) groups excluding carboxylic acids is 1. The van der Waals surface area contributed by atoms with E-state index in [-0.39, 0.29) is 17.2 Å². The van der Waals surface area contributed by atoms with Crippen molar-refractivity contribution in [2.45, 2.75) is 12.6 Å². The number of halogens is 3. The SMILES string of the molecule is O=C(Nc1cnccn1)N1CCCNc2ccc(-c3cccc(C(F)(F)F)n3)nc21. The van der Waals surface area contributed by atoms with Crippen LogP contribution in [0, 0.1) is 0 Å². The van der Waals surface area contributed by atoms with Crippen LogP contribution < -0.4 is 15.5 Å². The lowest BCUT2D eigenvalue weighted by atomic mass is 10.2. The molecular formula is C19H16F3N7O. The first kappa shape index (κ1) is 19.6. The number of nitrogens with one attached hydrogen (secondary N) is 2. The topological polar surface area (TPSA) is 95.9 Å². The van der Waals surface area contributed by atoms with Crippen molar-refractivity contribution >= 4 is 23.4 Å². The molecule has 2 amide bonds. The fraction of sp³-hybridized carbons (Fsp3) is 0.211. The van der Waals surface area contributed by atoms with Gasteiger partial charge in [-0.05, 0) is 30.7 Å². The molecule has 0 spiro atoms. The summed E-state index contributed by atoms with van der Waals surface area (Å²) in [6.45, 7) is 0.976. The van der Waals surface area contributed by atoms with Crippen LogP contribution in [0.3, 0.4) is 0 Å². The van der Waals surface area contributed by atoms with E-state index in [1.807, 2.05) is 0 Å². The molecule has 3 aromatic rings. The van der Waals surface area contributed by atoms with E-state index in [0.717, 1.165) is 6.07 Å². The number of nitrogens with zero attached hydrogens (tertiary/aromatic N) is 5. The number of alkyl halides is 3. The van der Waals surface area contributed by atoms with Crippen LogP contribution >= 0.6 is 0 Å². The van der Waals surface area contributed by atoms with Gasteiger partial charge in [0.2, 0.25) is 0 Å². The second-order valence-electron chi connectivity index (χ2n) is 6.43. The Labute approximate surface area is 169 Å². The Morgan fingerprint density at radius 3 is 2.70 bits per heavy atom. The summed E-state index contributed by atoms with van der Waals surface area (Å²) < 4.78 is 39.1. The zero-order chi connectivity index (χ0) is 21.1. The van der Waals surface area contributed by atoms with Crippen molar-refractivity contribution in [3.63, 3.8) is 0 Å². The first-order chi connectivity index (χ1) is 14.4. The molecule has 0 saturated carbocycles. The average molecular weight is 415 g/mol. The Morgan fingerprint density at radius 2 is 1.93 bits per heavy atom. The van der Waals surface area contributed by atoms with E-state index in [1.165, 1.54) is 35.6 Å². The molecule has 0 atom stereocenters. The van der Waals surface area contributed by atoms with Gasteiger partial charge in [0, 0.05) is 25.5 Å². The van der Waals surface area contributed by atoms with Crippen LogP contribution in [0.25, 0.3) is 11.4 Å². The van der Waals surface area contributed by atoms with Gasteiger partial charge in [-0.1, -0.05) is 6.07 Å². The molecule has 4 rings (SSSR count). The highest BCUT2D eigenvalue weighted by Crippen LogP contribution is 2.32. The Morgan fingerprint density at radius 1 is 1.10 bits per heavy atom. The summed E-state index contributed by atoms with van der Waals surface area (Å²) >= 11 is 0. The average Bonchev–Trinajstić information content (AvgIpc) is 2.96. The van der Waals surface area contributed by atoms with Gasteiger partial charge >= 0.3 is 12.2 Å². The maximum atomic E-state index is 13.0. The molecule has 0 radical (unpaired) electrons. The van der Waals surface area contributed by atoms with Crippen LogP contribution in [0.4, 0.5) is 35.3 Å². The maximum Gasteiger partial charge on any atom is 0.433 e. The van der Waals surface area contributed by atoms with E-state index in [1.54, 1.807) is 12.1 Å². The zero-order valence-corrected chi connectivity index (χ0v) is 15.5. The van der Waals surface area contributed by atoms with E-state index >= 15 is 0 Å². The van der Waals surface area contributed by atoms with Gasteiger partial charge < -0.3 is 5.32 Å². The molecule has 1 aliphatic rings. The van der Waals surface area contributed by atoms with Crippen LogP contribution in [0.2, 0.25) is 0 Å². The number of amides is 2. The predicted octanol–water partition coefficient (Wildman–Crippen LogP) is 3.81. The predicted molar refractivity (Wildman–Crippen MR) is 104 cm³/mol. The summed E-state index contributed by atoms with van der Waals surface area (Å²) in [5.74, 6) is 0.572. The van der Waals surface area contributed by atoms with Gasteiger partial charge in [0.1, 0.15) is 5.69 Å². The minimum atomic E-state index is -4.56. The van der Waals surface area contributed by atoms with E-state index in [9.17, 15) is 18.0 Å². The second kappa shape index (κ2) is 7.93. The van der Waals surface area contributed by atoms with Crippen molar-refractivity contribution in [3.8, 4) is 11.4 Å². The molecule has 4 heterocycles. The van der Waals surface area contributed by atoms with Crippen molar-refractivity contribution in [3.05, 3.63) is 54.6 Å². The molecule has 30 heavy (non-hydrogen) atoms. The van der Waals surface area contributed by atoms with E-state index in [4.69, 9.17) is 0 Å². The maximum absolute atomic E-state index is 13.0. The Hall–Kier alpha value is -3.76. The second-order valence-corrected chi connectivity index (χ2v) is 6.43. The van der Waals surface area contributed by atoms with Gasteiger partial charge in [-0.3, -0.25) is 15.2 Å². The molecule has 0 fully saturated rings. The van der Waals surface area contributed by atoms with Gasteiger partial charge in [-0.2, -0.15) is 13.2 Å². The first-order valence-electron chi connectivity index (χ1n) is 9.06. The quantitative estimate of drug-likeness (QED) is 0.661. The highest BCUT2D eigenvalue weighted by Gasteiger charge is 2.32. The fourth-order valence-electron chi connectivity index (χ4n) is 2.97. The number of hydrogen-bond donors (Lipinski definition) is 2.